The summed E-state index contributed by atoms with van der Waals surface area (Å²) in [5, 5.41) is 13.7. The van der Waals surface area contributed by atoms with E-state index >= 15 is 0 Å². The molecule has 0 spiro atoms. The number of ether oxygens (including phenoxy) is 1. The SMILES string of the molecule is Cn1cc(NC(=O)Nc2ccc(OC(F)(F)F)cc2)cc1C(=O)O. The number of aromatic nitrogens is 1. The summed E-state index contributed by atoms with van der Waals surface area (Å²) >= 11 is 0. The van der Waals surface area contributed by atoms with E-state index in [1.807, 2.05) is 0 Å². The maximum Gasteiger partial charge on any atom is 0.573 e. The van der Waals surface area contributed by atoms with Gasteiger partial charge in [0.2, 0.25) is 0 Å². The van der Waals surface area contributed by atoms with Crippen LogP contribution in [0.25, 0.3) is 0 Å². The minimum atomic E-state index is -4.79. The topological polar surface area (TPSA) is 92.6 Å². The van der Waals surface area contributed by atoms with Gasteiger partial charge in [-0.05, 0) is 30.3 Å². The highest BCUT2D eigenvalue weighted by atomic mass is 19.4. The molecule has 0 saturated carbocycles. The van der Waals surface area contributed by atoms with E-state index in [1.165, 1.54) is 36.0 Å². The summed E-state index contributed by atoms with van der Waals surface area (Å²) in [5.41, 5.74) is 0.472. The van der Waals surface area contributed by atoms with E-state index in [-0.39, 0.29) is 17.1 Å². The van der Waals surface area contributed by atoms with Gasteiger partial charge >= 0.3 is 18.4 Å². The Labute approximate surface area is 133 Å². The Bertz CT molecular complexity index is 754. The Morgan fingerprint density at radius 3 is 2.21 bits per heavy atom. The summed E-state index contributed by atoms with van der Waals surface area (Å²) in [6, 6.07) is 5.15. The Morgan fingerprint density at radius 2 is 1.71 bits per heavy atom. The molecule has 10 heteroatoms. The summed E-state index contributed by atoms with van der Waals surface area (Å²) in [4.78, 5) is 22.7. The number of aromatic carboxylic acids is 1. The standard InChI is InChI=1S/C14H12F3N3O4/c1-20-7-9(6-11(20)12(21)22)19-13(23)18-8-2-4-10(5-3-8)24-14(15,16)17/h2-7H,1H3,(H,21,22)(H2,18,19,23). The van der Waals surface area contributed by atoms with Gasteiger partial charge in [-0.3, -0.25) is 0 Å². The van der Waals surface area contributed by atoms with Crippen LogP contribution >= 0.6 is 0 Å². The number of halogens is 3. The number of nitrogens with zero attached hydrogens (tertiary/aromatic N) is 1. The van der Waals surface area contributed by atoms with E-state index < -0.39 is 24.1 Å². The fourth-order valence-corrected chi connectivity index (χ4v) is 1.88. The summed E-state index contributed by atoms with van der Waals surface area (Å²) in [6.45, 7) is 0. The third kappa shape index (κ3) is 4.66. The molecule has 0 atom stereocenters. The molecule has 7 nitrogen and oxygen atoms in total. The Balaban J connectivity index is 1.97. The van der Waals surface area contributed by atoms with Gasteiger partial charge in [0.05, 0.1) is 5.69 Å². The first-order valence-corrected chi connectivity index (χ1v) is 6.47. The summed E-state index contributed by atoms with van der Waals surface area (Å²) in [5.74, 6) is -1.56. The van der Waals surface area contributed by atoms with Crippen molar-refractivity contribution in [3.63, 3.8) is 0 Å². The first-order valence-electron chi connectivity index (χ1n) is 6.47. The van der Waals surface area contributed by atoms with Gasteiger partial charge in [0.25, 0.3) is 0 Å². The zero-order chi connectivity index (χ0) is 17.9. The molecule has 1 heterocycles. The monoisotopic (exact) mass is 343 g/mol. The van der Waals surface area contributed by atoms with Crippen LogP contribution in [0.15, 0.2) is 36.5 Å². The van der Waals surface area contributed by atoms with Gasteiger partial charge in [0, 0.05) is 18.9 Å². The predicted octanol–water partition coefficient (Wildman–Crippen LogP) is 3.27. The molecule has 0 saturated heterocycles. The van der Waals surface area contributed by atoms with Crippen molar-refractivity contribution in [1.29, 1.82) is 0 Å². The Hall–Kier alpha value is -3.17. The maximum atomic E-state index is 12.0. The largest absolute Gasteiger partial charge is 0.573 e. The number of urea groups is 1. The minimum absolute atomic E-state index is 0.0149. The molecule has 2 amide bonds. The normalized spacial score (nSPS) is 11.0. The highest BCUT2D eigenvalue weighted by Crippen LogP contribution is 2.24. The molecule has 0 aliphatic carbocycles. The Kier molecular flexibility index (Phi) is 4.67. The molecule has 2 rings (SSSR count). The second kappa shape index (κ2) is 6.52. The van der Waals surface area contributed by atoms with Gasteiger partial charge in [0.1, 0.15) is 11.4 Å². The molecule has 128 valence electrons. The highest BCUT2D eigenvalue weighted by Gasteiger charge is 2.30. The number of carbonyl (C=O) groups excluding carboxylic acids is 1. The second-order valence-electron chi connectivity index (χ2n) is 4.68. The molecule has 2 aromatic rings. The molecule has 1 aromatic carbocycles. The van der Waals surface area contributed by atoms with E-state index in [0.717, 1.165) is 12.1 Å². The van der Waals surface area contributed by atoms with Crippen molar-refractivity contribution in [2.45, 2.75) is 6.36 Å². The van der Waals surface area contributed by atoms with Crippen molar-refractivity contribution in [2.75, 3.05) is 10.6 Å². The van der Waals surface area contributed by atoms with Crippen LogP contribution in [0.3, 0.4) is 0 Å². The van der Waals surface area contributed by atoms with Crippen LogP contribution in [0.5, 0.6) is 5.75 Å². The van der Waals surface area contributed by atoms with Gasteiger partial charge in [0.15, 0.2) is 0 Å². The van der Waals surface area contributed by atoms with Gasteiger partial charge in [-0.1, -0.05) is 0 Å². The number of hydrogen-bond donors (Lipinski definition) is 3. The van der Waals surface area contributed by atoms with Crippen molar-refractivity contribution in [1.82, 2.24) is 4.57 Å². The molecule has 0 fully saturated rings. The highest BCUT2D eigenvalue weighted by molar-refractivity contribution is 6.00. The molecule has 0 aliphatic heterocycles. The third-order valence-electron chi connectivity index (χ3n) is 2.83. The van der Waals surface area contributed by atoms with Crippen molar-refractivity contribution >= 4 is 23.4 Å². The van der Waals surface area contributed by atoms with E-state index in [4.69, 9.17) is 5.11 Å². The predicted molar refractivity (Wildman–Crippen MR) is 78.1 cm³/mol. The van der Waals surface area contributed by atoms with Gasteiger partial charge in [-0.25, -0.2) is 9.59 Å². The number of hydrogen-bond acceptors (Lipinski definition) is 3. The smallest absolute Gasteiger partial charge is 0.477 e. The minimum Gasteiger partial charge on any atom is -0.477 e. The summed E-state index contributed by atoms with van der Waals surface area (Å²) in [6.07, 6.45) is -3.38. The van der Waals surface area contributed by atoms with E-state index in [2.05, 4.69) is 15.4 Å². The zero-order valence-corrected chi connectivity index (χ0v) is 12.2. The van der Waals surface area contributed by atoms with Crippen LogP contribution in [0.4, 0.5) is 29.3 Å². The summed E-state index contributed by atoms with van der Waals surface area (Å²) < 4.78 is 41.1. The molecular formula is C14H12F3N3O4. The van der Waals surface area contributed by atoms with Crippen LogP contribution in [0.2, 0.25) is 0 Å². The van der Waals surface area contributed by atoms with Crippen molar-refractivity contribution in [2.24, 2.45) is 7.05 Å². The molecule has 0 radical (unpaired) electrons. The van der Waals surface area contributed by atoms with Gasteiger partial charge in [-0.15, -0.1) is 13.2 Å². The molecule has 0 unspecified atom stereocenters. The number of nitrogens with one attached hydrogen (secondary N) is 2. The second-order valence-corrected chi connectivity index (χ2v) is 4.68. The number of anilines is 2. The van der Waals surface area contributed by atoms with Crippen LogP contribution in [0, 0.1) is 0 Å². The number of carboxylic acids is 1. The average molecular weight is 343 g/mol. The molecule has 24 heavy (non-hydrogen) atoms. The quantitative estimate of drug-likeness (QED) is 0.794. The van der Waals surface area contributed by atoms with Crippen molar-refractivity contribution < 1.29 is 32.6 Å². The third-order valence-corrected chi connectivity index (χ3v) is 2.83. The number of aryl methyl sites for hydroxylation is 1. The maximum absolute atomic E-state index is 12.0. The summed E-state index contributed by atoms with van der Waals surface area (Å²) in [7, 11) is 1.51. The van der Waals surface area contributed by atoms with E-state index in [9.17, 15) is 22.8 Å². The van der Waals surface area contributed by atoms with Gasteiger partial charge in [-0.2, -0.15) is 0 Å². The number of amides is 2. The van der Waals surface area contributed by atoms with Gasteiger partial charge < -0.3 is 25.0 Å². The lowest BCUT2D eigenvalue weighted by Gasteiger charge is -2.10. The lowest BCUT2D eigenvalue weighted by Crippen LogP contribution is -2.19. The number of rotatable bonds is 4. The Morgan fingerprint density at radius 1 is 1.12 bits per heavy atom. The number of carboxylic acid groups (broad SMARTS) is 1. The molecule has 0 bridgehead atoms. The van der Waals surface area contributed by atoms with Crippen molar-refractivity contribution in [3.05, 3.63) is 42.2 Å². The van der Waals surface area contributed by atoms with Crippen molar-refractivity contribution in [3.8, 4) is 5.75 Å². The first kappa shape index (κ1) is 17.2. The van der Waals surface area contributed by atoms with Crippen LogP contribution in [0.1, 0.15) is 10.5 Å². The van der Waals surface area contributed by atoms with Crippen LogP contribution in [-0.2, 0) is 7.05 Å². The lowest BCUT2D eigenvalue weighted by molar-refractivity contribution is -0.274. The first-order chi connectivity index (χ1) is 11.1. The zero-order valence-electron chi connectivity index (χ0n) is 12.2. The van der Waals surface area contributed by atoms with Crippen LogP contribution in [-0.4, -0.2) is 28.0 Å². The number of alkyl halides is 3. The number of carbonyl (C=O) groups is 2. The van der Waals surface area contributed by atoms with E-state index in [1.54, 1.807) is 0 Å². The molecule has 3 N–H and O–H groups in total. The molecule has 0 aliphatic rings. The molecule has 1 aromatic heterocycles. The number of benzene rings is 1. The van der Waals surface area contributed by atoms with E-state index in [0.29, 0.717) is 0 Å². The lowest BCUT2D eigenvalue weighted by atomic mass is 10.3. The average Bonchev–Trinajstić information content (AvgIpc) is 2.80. The molecular weight excluding hydrogens is 331 g/mol. The van der Waals surface area contributed by atoms with Crippen LogP contribution < -0.4 is 15.4 Å². The fraction of sp³-hybridized carbons (Fsp3) is 0.143. The fourth-order valence-electron chi connectivity index (χ4n) is 1.88.